The maximum atomic E-state index is 12.5. The Balaban J connectivity index is 1.25. The van der Waals surface area contributed by atoms with Crippen LogP contribution in [0.1, 0.15) is 6.92 Å². The van der Waals surface area contributed by atoms with Crippen LogP contribution in [0.3, 0.4) is 0 Å². The number of amides is 1. The van der Waals surface area contributed by atoms with E-state index in [1.807, 2.05) is 37.3 Å². The first-order valence-electron chi connectivity index (χ1n) is 11.1. The number of piperazine rings is 1. The zero-order valence-corrected chi connectivity index (χ0v) is 18.3. The van der Waals surface area contributed by atoms with E-state index in [4.69, 9.17) is 9.47 Å². The van der Waals surface area contributed by atoms with Crippen LogP contribution in [0.5, 0.6) is 5.75 Å². The van der Waals surface area contributed by atoms with Crippen molar-refractivity contribution in [2.45, 2.75) is 6.92 Å². The Kier molecular flexibility index (Phi) is 7.27. The molecule has 31 heavy (non-hydrogen) atoms. The Morgan fingerprint density at radius 2 is 1.65 bits per heavy atom. The first-order chi connectivity index (χ1) is 15.2. The highest BCUT2D eigenvalue weighted by Crippen LogP contribution is 2.28. The fourth-order valence-electron chi connectivity index (χ4n) is 4.12. The lowest BCUT2D eigenvalue weighted by Gasteiger charge is -2.36. The Bertz CT molecular complexity index is 844. The average Bonchev–Trinajstić information content (AvgIpc) is 2.81. The maximum Gasteiger partial charge on any atom is 0.238 e. The number of hydrogen-bond acceptors (Lipinski definition) is 6. The van der Waals surface area contributed by atoms with E-state index in [1.54, 1.807) is 0 Å². The lowest BCUT2D eigenvalue weighted by molar-refractivity contribution is -0.117. The summed E-state index contributed by atoms with van der Waals surface area (Å²) in [7, 11) is 0. The highest BCUT2D eigenvalue weighted by Gasteiger charge is 2.21. The SMILES string of the molecule is CCOc1ccccc1N1CCN(CC(=O)Nc2ccc(N3CCOCC3)cc2)CC1. The van der Waals surface area contributed by atoms with Crippen LogP contribution in [-0.2, 0) is 9.53 Å². The molecule has 2 aromatic carbocycles. The molecule has 0 spiro atoms. The number of carbonyl (C=O) groups is 1. The minimum absolute atomic E-state index is 0.0299. The molecule has 2 aromatic rings. The van der Waals surface area contributed by atoms with Crippen LogP contribution < -0.4 is 19.9 Å². The quantitative estimate of drug-likeness (QED) is 0.738. The second-order valence-electron chi connectivity index (χ2n) is 7.86. The lowest BCUT2D eigenvalue weighted by atomic mass is 10.2. The van der Waals surface area contributed by atoms with Gasteiger partial charge in [-0.2, -0.15) is 0 Å². The second kappa shape index (κ2) is 10.5. The number of rotatable bonds is 7. The van der Waals surface area contributed by atoms with Crippen LogP contribution in [0.15, 0.2) is 48.5 Å². The van der Waals surface area contributed by atoms with Crippen molar-refractivity contribution in [3.63, 3.8) is 0 Å². The standard InChI is InChI=1S/C24H32N4O3/c1-2-31-23-6-4-3-5-22(23)28-13-11-26(12-14-28)19-24(29)25-20-7-9-21(10-8-20)27-15-17-30-18-16-27/h3-10H,2,11-19H2,1H3,(H,25,29). The molecule has 0 bridgehead atoms. The average molecular weight is 425 g/mol. The first-order valence-corrected chi connectivity index (χ1v) is 11.1. The number of carbonyl (C=O) groups excluding carboxylic acids is 1. The number of ether oxygens (including phenoxy) is 2. The summed E-state index contributed by atoms with van der Waals surface area (Å²) in [6.45, 7) is 9.89. The van der Waals surface area contributed by atoms with E-state index in [0.29, 0.717) is 13.2 Å². The maximum absolute atomic E-state index is 12.5. The molecule has 0 radical (unpaired) electrons. The summed E-state index contributed by atoms with van der Waals surface area (Å²) in [5.74, 6) is 0.957. The van der Waals surface area contributed by atoms with Gasteiger partial charge in [-0.25, -0.2) is 0 Å². The van der Waals surface area contributed by atoms with Crippen LogP contribution >= 0.6 is 0 Å². The van der Waals surface area contributed by atoms with E-state index in [1.165, 1.54) is 5.69 Å². The predicted molar refractivity (Wildman–Crippen MR) is 124 cm³/mol. The summed E-state index contributed by atoms with van der Waals surface area (Å²) in [6.07, 6.45) is 0. The summed E-state index contributed by atoms with van der Waals surface area (Å²) in [5.41, 5.74) is 3.14. The molecule has 0 atom stereocenters. The number of morpholine rings is 1. The van der Waals surface area contributed by atoms with E-state index in [-0.39, 0.29) is 5.91 Å². The monoisotopic (exact) mass is 424 g/mol. The molecule has 2 aliphatic rings. The van der Waals surface area contributed by atoms with Crippen molar-refractivity contribution in [3.8, 4) is 5.75 Å². The molecule has 0 aromatic heterocycles. The van der Waals surface area contributed by atoms with Crippen molar-refractivity contribution in [2.75, 3.05) is 80.8 Å². The minimum Gasteiger partial charge on any atom is -0.492 e. The molecular formula is C24H32N4O3. The van der Waals surface area contributed by atoms with Gasteiger partial charge in [-0.1, -0.05) is 12.1 Å². The summed E-state index contributed by atoms with van der Waals surface area (Å²) in [5, 5.41) is 3.03. The fraction of sp³-hybridized carbons (Fsp3) is 0.458. The molecule has 7 nitrogen and oxygen atoms in total. The Morgan fingerprint density at radius 1 is 0.935 bits per heavy atom. The van der Waals surface area contributed by atoms with E-state index >= 15 is 0 Å². The Labute approximate surface area is 184 Å². The summed E-state index contributed by atoms with van der Waals surface area (Å²) >= 11 is 0. The van der Waals surface area contributed by atoms with Crippen molar-refractivity contribution in [1.82, 2.24) is 4.90 Å². The van der Waals surface area contributed by atoms with Gasteiger partial charge < -0.3 is 24.6 Å². The molecule has 0 aliphatic carbocycles. The molecule has 2 fully saturated rings. The van der Waals surface area contributed by atoms with Crippen molar-refractivity contribution in [3.05, 3.63) is 48.5 Å². The number of nitrogens with zero attached hydrogens (tertiary/aromatic N) is 3. The highest BCUT2D eigenvalue weighted by atomic mass is 16.5. The van der Waals surface area contributed by atoms with Crippen LogP contribution in [-0.4, -0.2) is 76.4 Å². The van der Waals surface area contributed by atoms with Gasteiger partial charge in [0.2, 0.25) is 5.91 Å². The molecule has 1 amide bonds. The number of para-hydroxylation sites is 2. The Hall–Kier alpha value is -2.77. The molecule has 7 heteroatoms. The third-order valence-corrected chi connectivity index (χ3v) is 5.77. The largest absolute Gasteiger partial charge is 0.492 e. The van der Waals surface area contributed by atoms with Crippen molar-refractivity contribution in [1.29, 1.82) is 0 Å². The molecular weight excluding hydrogens is 392 g/mol. The molecule has 166 valence electrons. The smallest absolute Gasteiger partial charge is 0.238 e. The van der Waals surface area contributed by atoms with Gasteiger partial charge in [-0.05, 0) is 43.3 Å². The van der Waals surface area contributed by atoms with Crippen LogP contribution in [0.25, 0.3) is 0 Å². The molecule has 0 unspecified atom stereocenters. The van der Waals surface area contributed by atoms with Crippen molar-refractivity contribution < 1.29 is 14.3 Å². The van der Waals surface area contributed by atoms with Gasteiger partial charge in [0.25, 0.3) is 0 Å². The summed E-state index contributed by atoms with van der Waals surface area (Å²) in [4.78, 5) is 19.4. The van der Waals surface area contributed by atoms with Gasteiger partial charge in [0.05, 0.1) is 32.1 Å². The van der Waals surface area contributed by atoms with Crippen LogP contribution in [0, 0.1) is 0 Å². The van der Waals surface area contributed by atoms with Gasteiger partial charge in [-0.15, -0.1) is 0 Å². The molecule has 2 saturated heterocycles. The van der Waals surface area contributed by atoms with Crippen molar-refractivity contribution >= 4 is 23.0 Å². The predicted octanol–water partition coefficient (Wildman–Crippen LogP) is 2.68. The topological polar surface area (TPSA) is 57.3 Å². The van der Waals surface area contributed by atoms with Gasteiger partial charge in [0.15, 0.2) is 0 Å². The normalized spacial score (nSPS) is 17.5. The van der Waals surface area contributed by atoms with Gasteiger partial charge in [0.1, 0.15) is 5.75 Å². The van der Waals surface area contributed by atoms with Gasteiger partial charge in [-0.3, -0.25) is 9.69 Å². The third-order valence-electron chi connectivity index (χ3n) is 5.77. The van der Waals surface area contributed by atoms with E-state index < -0.39 is 0 Å². The first kappa shape index (κ1) is 21.5. The zero-order valence-electron chi connectivity index (χ0n) is 18.3. The summed E-state index contributed by atoms with van der Waals surface area (Å²) < 4.78 is 11.2. The lowest BCUT2D eigenvalue weighted by Crippen LogP contribution is -2.48. The molecule has 1 N–H and O–H groups in total. The summed E-state index contributed by atoms with van der Waals surface area (Å²) in [6, 6.07) is 16.3. The van der Waals surface area contributed by atoms with E-state index in [0.717, 1.165) is 69.6 Å². The number of hydrogen-bond donors (Lipinski definition) is 1. The minimum atomic E-state index is 0.0299. The van der Waals surface area contributed by atoms with E-state index in [2.05, 4.69) is 38.2 Å². The fourth-order valence-corrected chi connectivity index (χ4v) is 4.12. The second-order valence-corrected chi connectivity index (χ2v) is 7.86. The number of benzene rings is 2. The number of nitrogens with one attached hydrogen (secondary N) is 1. The molecule has 4 rings (SSSR count). The van der Waals surface area contributed by atoms with Crippen LogP contribution in [0.2, 0.25) is 0 Å². The third kappa shape index (κ3) is 5.68. The number of anilines is 3. The highest BCUT2D eigenvalue weighted by molar-refractivity contribution is 5.92. The molecule has 0 saturated carbocycles. The Morgan fingerprint density at radius 3 is 2.35 bits per heavy atom. The van der Waals surface area contributed by atoms with E-state index in [9.17, 15) is 4.79 Å². The molecule has 2 heterocycles. The van der Waals surface area contributed by atoms with Gasteiger partial charge >= 0.3 is 0 Å². The van der Waals surface area contributed by atoms with Gasteiger partial charge in [0, 0.05) is 50.6 Å². The zero-order chi connectivity index (χ0) is 21.5. The van der Waals surface area contributed by atoms with Crippen LogP contribution in [0.4, 0.5) is 17.1 Å². The van der Waals surface area contributed by atoms with Crippen molar-refractivity contribution in [2.24, 2.45) is 0 Å². The molecule has 2 aliphatic heterocycles.